The van der Waals surface area contributed by atoms with Crippen LogP contribution < -0.4 is 0 Å². The predicted octanol–water partition coefficient (Wildman–Crippen LogP) is 2.24. The molecule has 0 radical (unpaired) electrons. The maximum atomic E-state index is 12.5. The van der Waals surface area contributed by atoms with Crippen molar-refractivity contribution in [2.24, 2.45) is 0 Å². The molecule has 4 rings (SSSR count). The maximum Gasteiger partial charge on any atom is 0.227 e. The topological polar surface area (TPSA) is 84.2 Å². The highest BCUT2D eigenvalue weighted by molar-refractivity contribution is 5.89. The number of fused-ring (bicyclic) bond motifs is 1. The van der Waals surface area contributed by atoms with Crippen LogP contribution >= 0.6 is 0 Å². The lowest BCUT2D eigenvalue weighted by molar-refractivity contribution is -0.134. The molecule has 7 nitrogen and oxygen atoms in total. The zero-order chi connectivity index (χ0) is 17.4. The molecule has 25 heavy (non-hydrogen) atoms. The molecule has 1 aliphatic rings. The van der Waals surface area contributed by atoms with Gasteiger partial charge in [0, 0.05) is 42.0 Å². The number of rotatable bonds is 3. The first kappa shape index (κ1) is 15.8. The Kier molecular flexibility index (Phi) is 4.01. The second-order valence-electron chi connectivity index (χ2n) is 6.30. The fourth-order valence-corrected chi connectivity index (χ4v) is 3.32. The van der Waals surface area contributed by atoms with Gasteiger partial charge in [-0.3, -0.25) is 4.79 Å². The van der Waals surface area contributed by atoms with E-state index < -0.39 is 0 Å². The summed E-state index contributed by atoms with van der Waals surface area (Å²) in [6.45, 7) is 6.33. The van der Waals surface area contributed by atoms with E-state index in [4.69, 9.17) is 9.26 Å². The Balaban J connectivity index is 1.66. The summed E-state index contributed by atoms with van der Waals surface area (Å²) < 4.78 is 10.6. The molecule has 7 heteroatoms. The summed E-state index contributed by atoms with van der Waals surface area (Å²) in [4.78, 5) is 22.0. The Bertz CT molecular complexity index is 902. The molecule has 1 amide bonds. The van der Waals surface area contributed by atoms with Crippen molar-refractivity contribution in [1.29, 1.82) is 0 Å². The first-order valence-electron chi connectivity index (χ1n) is 8.38. The number of morpholine rings is 1. The van der Waals surface area contributed by atoms with Gasteiger partial charge in [0.05, 0.1) is 25.3 Å². The smallest absolute Gasteiger partial charge is 0.227 e. The number of amides is 1. The molecule has 3 aromatic heterocycles. The Labute approximate surface area is 145 Å². The van der Waals surface area contributed by atoms with Crippen molar-refractivity contribution in [3.05, 3.63) is 35.5 Å². The van der Waals surface area contributed by atoms with Crippen molar-refractivity contribution in [2.75, 3.05) is 26.3 Å². The monoisotopic (exact) mass is 340 g/mol. The number of H-pyrrole nitrogens is 1. The summed E-state index contributed by atoms with van der Waals surface area (Å²) in [6.07, 6.45) is 4.03. The number of carbonyl (C=O) groups is 1. The van der Waals surface area contributed by atoms with Gasteiger partial charge < -0.3 is 19.1 Å². The fraction of sp³-hybridized carbons (Fsp3) is 0.389. The minimum absolute atomic E-state index is 0.118. The summed E-state index contributed by atoms with van der Waals surface area (Å²) in [5.41, 5.74) is 4.47. The molecule has 0 spiro atoms. The first-order chi connectivity index (χ1) is 12.1. The highest BCUT2D eigenvalue weighted by Gasteiger charge is 2.19. The van der Waals surface area contributed by atoms with Gasteiger partial charge in [-0.1, -0.05) is 5.16 Å². The van der Waals surface area contributed by atoms with Crippen LogP contribution in [0.3, 0.4) is 0 Å². The number of aryl methyl sites for hydroxylation is 2. The van der Waals surface area contributed by atoms with Crippen LogP contribution in [0.15, 0.2) is 23.0 Å². The van der Waals surface area contributed by atoms with Crippen LogP contribution in [0.1, 0.15) is 17.0 Å². The lowest BCUT2D eigenvalue weighted by Gasteiger charge is -2.26. The van der Waals surface area contributed by atoms with Gasteiger partial charge in [0.2, 0.25) is 5.91 Å². The molecule has 4 heterocycles. The van der Waals surface area contributed by atoms with Crippen LogP contribution in [0.5, 0.6) is 0 Å². The van der Waals surface area contributed by atoms with E-state index in [-0.39, 0.29) is 5.91 Å². The minimum atomic E-state index is 0.118. The van der Waals surface area contributed by atoms with Crippen molar-refractivity contribution in [3.8, 4) is 11.1 Å². The van der Waals surface area contributed by atoms with Crippen molar-refractivity contribution >= 4 is 16.9 Å². The van der Waals surface area contributed by atoms with Crippen LogP contribution in [-0.4, -0.2) is 52.2 Å². The summed E-state index contributed by atoms with van der Waals surface area (Å²) >= 11 is 0. The number of carbonyl (C=O) groups excluding carboxylic acids is 1. The van der Waals surface area contributed by atoms with Crippen LogP contribution in [-0.2, 0) is 16.0 Å². The molecule has 0 aromatic carbocycles. The number of nitrogens with zero attached hydrogens (tertiary/aromatic N) is 3. The largest absolute Gasteiger partial charge is 0.378 e. The van der Waals surface area contributed by atoms with Gasteiger partial charge >= 0.3 is 0 Å². The molecule has 0 aliphatic carbocycles. The van der Waals surface area contributed by atoms with Crippen molar-refractivity contribution < 1.29 is 14.1 Å². The average Bonchev–Trinajstić information content (AvgIpc) is 3.18. The standard InChI is InChI=1S/C18H20N4O3/c1-11-17(12(2)25-21-11)14-7-15-13(9-19-18(15)20-10-14)8-16(23)22-3-5-24-6-4-22/h7,9-10H,3-6,8H2,1-2H3,(H,19,20). The molecule has 0 saturated carbocycles. The van der Waals surface area contributed by atoms with Gasteiger partial charge in [0.15, 0.2) is 0 Å². The van der Waals surface area contributed by atoms with Gasteiger partial charge in [-0.05, 0) is 25.5 Å². The predicted molar refractivity (Wildman–Crippen MR) is 92.2 cm³/mol. The van der Waals surface area contributed by atoms with Crippen LogP contribution in [0.2, 0.25) is 0 Å². The van der Waals surface area contributed by atoms with E-state index in [1.54, 1.807) is 6.20 Å². The molecule has 130 valence electrons. The molecular formula is C18H20N4O3. The first-order valence-corrected chi connectivity index (χ1v) is 8.38. The van der Waals surface area contributed by atoms with Gasteiger partial charge in [0.25, 0.3) is 0 Å². The zero-order valence-electron chi connectivity index (χ0n) is 14.3. The normalized spacial score (nSPS) is 15.0. The number of nitrogens with one attached hydrogen (secondary N) is 1. The Hall–Kier alpha value is -2.67. The van der Waals surface area contributed by atoms with Crippen molar-refractivity contribution in [2.45, 2.75) is 20.3 Å². The van der Waals surface area contributed by atoms with Crippen molar-refractivity contribution in [1.82, 2.24) is 20.0 Å². The Morgan fingerprint density at radius 1 is 1.32 bits per heavy atom. The SMILES string of the molecule is Cc1noc(C)c1-c1cnc2[nH]cc(CC(=O)N3CCOCC3)c2c1. The lowest BCUT2D eigenvalue weighted by Crippen LogP contribution is -2.41. The van der Waals surface area contributed by atoms with E-state index in [0.717, 1.165) is 39.2 Å². The van der Waals surface area contributed by atoms with E-state index in [1.807, 2.05) is 31.0 Å². The summed E-state index contributed by atoms with van der Waals surface area (Å²) in [5, 5.41) is 4.97. The van der Waals surface area contributed by atoms with E-state index >= 15 is 0 Å². The van der Waals surface area contributed by atoms with Crippen molar-refractivity contribution in [3.63, 3.8) is 0 Å². The molecule has 1 aliphatic heterocycles. The third-order valence-corrected chi connectivity index (χ3v) is 4.64. The highest BCUT2D eigenvalue weighted by atomic mass is 16.5. The third-order valence-electron chi connectivity index (χ3n) is 4.64. The molecular weight excluding hydrogens is 320 g/mol. The quantitative estimate of drug-likeness (QED) is 0.790. The van der Waals surface area contributed by atoms with Gasteiger partial charge in [0.1, 0.15) is 11.4 Å². The molecule has 3 aromatic rings. The van der Waals surface area contributed by atoms with Crippen LogP contribution in [0.25, 0.3) is 22.2 Å². The van der Waals surface area contributed by atoms with Crippen LogP contribution in [0.4, 0.5) is 0 Å². The molecule has 0 atom stereocenters. The minimum Gasteiger partial charge on any atom is -0.378 e. The molecule has 0 unspecified atom stereocenters. The fourth-order valence-electron chi connectivity index (χ4n) is 3.32. The second kappa shape index (κ2) is 6.33. The molecule has 1 fully saturated rings. The van der Waals surface area contributed by atoms with Crippen LogP contribution in [0, 0.1) is 13.8 Å². The Morgan fingerprint density at radius 2 is 2.12 bits per heavy atom. The lowest BCUT2D eigenvalue weighted by atomic mass is 10.0. The number of hydrogen-bond acceptors (Lipinski definition) is 5. The highest BCUT2D eigenvalue weighted by Crippen LogP contribution is 2.29. The van der Waals surface area contributed by atoms with E-state index in [9.17, 15) is 4.79 Å². The molecule has 1 N–H and O–H groups in total. The van der Waals surface area contributed by atoms with Gasteiger partial charge in [-0.25, -0.2) is 4.98 Å². The van der Waals surface area contributed by atoms with Gasteiger partial charge in [-0.2, -0.15) is 0 Å². The Morgan fingerprint density at radius 3 is 2.84 bits per heavy atom. The second-order valence-corrected chi connectivity index (χ2v) is 6.30. The number of hydrogen-bond donors (Lipinski definition) is 1. The molecule has 1 saturated heterocycles. The summed E-state index contributed by atoms with van der Waals surface area (Å²) in [7, 11) is 0. The number of aromatic nitrogens is 3. The van der Waals surface area contributed by atoms with E-state index in [1.165, 1.54) is 0 Å². The summed E-state index contributed by atoms with van der Waals surface area (Å²) in [6, 6.07) is 2.05. The number of aromatic amines is 1. The number of pyridine rings is 1. The van der Waals surface area contributed by atoms with Gasteiger partial charge in [-0.15, -0.1) is 0 Å². The van der Waals surface area contributed by atoms with E-state index in [0.29, 0.717) is 32.7 Å². The van der Waals surface area contributed by atoms with E-state index in [2.05, 4.69) is 15.1 Å². The average molecular weight is 340 g/mol. The summed E-state index contributed by atoms with van der Waals surface area (Å²) in [5.74, 6) is 0.882. The third kappa shape index (κ3) is 2.91. The number of ether oxygens (including phenoxy) is 1. The molecule has 0 bridgehead atoms. The maximum absolute atomic E-state index is 12.5. The zero-order valence-corrected chi connectivity index (χ0v) is 14.3.